The standard InChI is InChI=1S/C24H22F2N6O2/c1-2-24(34)12-10-15-8-9-19(29-20(15)24)32-21-17(22(33)31(32)13-11-18(25)26)14-27-23(30-21)28-16-6-4-3-5-7-16/h3-9,11,14,34H,2,10,12-13H2,1H3,(H,27,28,30). The minimum Gasteiger partial charge on any atom is -0.384 e. The van der Waals surface area contributed by atoms with Crippen LogP contribution in [-0.2, 0) is 18.6 Å². The third-order valence-corrected chi connectivity index (χ3v) is 6.14. The van der Waals surface area contributed by atoms with Gasteiger partial charge in [-0.25, -0.2) is 19.3 Å². The number of pyridine rings is 1. The molecule has 0 saturated carbocycles. The molecule has 0 bridgehead atoms. The van der Waals surface area contributed by atoms with Crippen LogP contribution in [0.2, 0.25) is 0 Å². The van der Waals surface area contributed by atoms with Crippen LogP contribution in [0, 0.1) is 0 Å². The minimum atomic E-state index is -1.90. The Bertz CT molecular complexity index is 1460. The normalized spacial score (nSPS) is 17.1. The maximum absolute atomic E-state index is 13.1. The summed E-state index contributed by atoms with van der Waals surface area (Å²) >= 11 is 0. The number of allylic oxidation sites excluding steroid dienone is 1. The van der Waals surface area contributed by atoms with Gasteiger partial charge in [-0.2, -0.15) is 13.8 Å². The van der Waals surface area contributed by atoms with Crippen LogP contribution < -0.4 is 10.9 Å². The topological polar surface area (TPSA) is 97.9 Å². The summed E-state index contributed by atoms with van der Waals surface area (Å²) in [5.41, 5.74) is 0.843. The molecule has 0 saturated heterocycles. The summed E-state index contributed by atoms with van der Waals surface area (Å²) in [4.78, 5) is 26.5. The van der Waals surface area contributed by atoms with Gasteiger partial charge in [-0.3, -0.25) is 4.79 Å². The summed E-state index contributed by atoms with van der Waals surface area (Å²) in [5, 5.41) is 14.3. The zero-order valence-electron chi connectivity index (χ0n) is 18.4. The van der Waals surface area contributed by atoms with Crippen molar-refractivity contribution in [2.24, 2.45) is 0 Å². The van der Waals surface area contributed by atoms with Crippen molar-refractivity contribution in [3.8, 4) is 5.82 Å². The van der Waals surface area contributed by atoms with Crippen molar-refractivity contribution in [2.45, 2.75) is 38.3 Å². The van der Waals surface area contributed by atoms with E-state index in [4.69, 9.17) is 0 Å². The number of aromatic nitrogens is 5. The fourth-order valence-electron chi connectivity index (χ4n) is 4.30. The number of hydrogen-bond donors (Lipinski definition) is 2. The lowest BCUT2D eigenvalue weighted by molar-refractivity contribution is 0.0306. The number of nitrogens with one attached hydrogen (secondary N) is 1. The Hall–Kier alpha value is -3.92. The Morgan fingerprint density at radius 1 is 1.21 bits per heavy atom. The SMILES string of the molecule is CCC1(O)CCc2ccc(-n3c4nc(Nc5ccccc5)ncc4c(=O)n3CC=C(F)F)nc21. The lowest BCUT2D eigenvalue weighted by atomic mass is 9.98. The minimum absolute atomic E-state index is 0.166. The number of nitrogens with zero attached hydrogens (tertiary/aromatic N) is 5. The summed E-state index contributed by atoms with van der Waals surface area (Å²) in [6, 6.07) is 12.8. The monoisotopic (exact) mass is 464 g/mol. The second-order valence-electron chi connectivity index (χ2n) is 8.18. The van der Waals surface area contributed by atoms with Gasteiger partial charge in [0.05, 0.1) is 12.2 Å². The summed E-state index contributed by atoms with van der Waals surface area (Å²) < 4.78 is 28.4. The van der Waals surface area contributed by atoms with Gasteiger partial charge in [-0.1, -0.05) is 31.2 Å². The molecule has 174 valence electrons. The van der Waals surface area contributed by atoms with E-state index in [2.05, 4.69) is 20.3 Å². The predicted octanol–water partition coefficient (Wildman–Crippen LogP) is 4.05. The van der Waals surface area contributed by atoms with E-state index in [1.54, 1.807) is 6.07 Å². The highest BCUT2D eigenvalue weighted by Crippen LogP contribution is 2.38. The summed E-state index contributed by atoms with van der Waals surface area (Å²) in [5.74, 6) is 0.541. The van der Waals surface area contributed by atoms with Crippen LogP contribution in [-0.4, -0.2) is 29.4 Å². The average Bonchev–Trinajstić information content (AvgIpc) is 3.32. The second-order valence-corrected chi connectivity index (χ2v) is 8.18. The van der Waals surface area contributed by atoms with E-state index in [1.807, 2.05) is 43.3 Å². The summed E-state index contributed by atoms with van der Waals surface area (Å²) in [7, 11) is 0. The predicted molar refractivity (Wildman–Crippen MR) is 123 cm³/mol. The van der Waals surface area contributed by atoms with Crippen LogP contribution >= 0.6 is 0 Å². The zero-order valence-corrected chi connectivity index (χ0v) is 18.4. The van der Waals surface area contributed by atoms with Gasteiger partial charge in [0.15, 0.2) is 11.5 Å². The van der Waals surface area contributed by atoms with Crippen molar-refractivity contribution >= 4 is 22.7 Å². The first-order valence-corrected chi connectivity index (χ1v) is 10.9. The Morgan fingerprint density at radius 2 is 2.00 bits per heavy atom. The molecular weight excluding hydrogens is 442 g/mol. The first-order chi connectivity index (χ1) is 16.4. The quantitative estimate of drug-likeness (QED) is 0.447. The van der Waals surface area contributed by atoms with Gasteiger partial charge in [0.2, 0.25) is 5.95 Å². The van der Waals surface area contributed by atoms with Gasteiger partial charge in [-0.05, 0) is 43.0 Å². The number of fused-ring (bicyclic) bond motifs is 2. The average molecular weight is 464 g/mol. The first-order valence-electron chi connectivity index (χ1n) is 10.9. The highest BCUT2D eigenvalue weighted by Gasteiger charge is 2.37. The molecule has 0 radical (unpaired) electrons. The lowest BCUT2D eigenvalue weighted by Gasteiger charge is -2.21. The number of para-hydroxylation sites is 1. The molecule has 4 aromatic rings. The van der Waals surface area contributed by atoms with Crippen LogP contribution in [0.5, 0.6) is 0 Å². The molecule has 0 aliphatic heterocycles. The van der Waals surface area contributed by atoms with Crippen molar-refractivity contribution in [1.29, 1.82) is 0 Å². The summed E-state index contributed by atoms with van der Waals surface area (Å²) in [6.07, 6.45) is 1.85. The molecule has 2 N–H and O–H groups in total. The number of aryl methyl sites for hydroxylation is 1. The van der Waals surface area contributed by atoms with Crippen molar-refractivity contribution in [3.63, 3.8) is 0 Å². The van der Waals surface area contributed by atoms with Gasteiger partial charge in [-0.15, -0.1) is 0 Å². The van der Waals surface area contributed by atoms with E-state index in [1.165, 1.54) is 10.9 Å². The second kappa shape index (κ2) is 8.45. The van der Waals surface area contributed by atoms with Crippen LogP contribution in [0.25, 0.3) is 16.9 Å². The summed E-state index contributed by atoms with van der Waals surface area (Å²) in [6.45, 7) is 1.50. The van der Waals surface area contributed by atoms with Crippen molar-refractivity contribution in [2.75, 3.05) is 5.32 Å². The molecule has 5 rings (SSSR count). The molecule has 8 nitrogen and oxygen atoms in total. The van der Waals surface area contributed by atoms with Gasteiger partial charge in [0, 0.05) is 18.0 Å². The third-order valence-electron chi connectivity index (χ3n) is 6.14. The van der Waals surface area contributed by atoms with E-state index >= 15 is 0 Å². The molecule has 0 fully saturated rings. The number of anilines is 2. The molecule has 1 unspecified atom stereocenters. The van der Waals surface area contributed by atoms with Gasteiger partial charge in [0.1, 0.15) is 11.0 Å². The molecule has 1 aliphatic carbocycles. The van der Waals surface area contributed by atoms with Crippen LogP contribution in [0.15, 0.2) is 65.6 Å². The van der Waals surface area contributed by atoms with Gasteiger partial charge in [0.25, 0.3) is 11.6 Å². The fraction of sp³-hybridized carbons (Fsp3) is 0.250. The van der Waals surface area contributed by atoms with Crippen LogP contribution in [0.3, 0.4) is 0 Å². The highest BCUT2D eigenvalue weighted by molar-refractivity contribution is 5.77. The molecule has 0 amide bonds. The smallest absolute Gasteiger partial charge is 0.278 e. The Balaban J connectivity index is 1.71. The molecule has 1 atom stereocenters. The molecule has 3 aromatic heterocycles. The van der Waals surface area contributed by atoms with E-state index in [-0.39, 0.29) is 23.5 Å². The molecule has 1 aliphatic rings. The molecule has 1 aromatic carbocycles. The van der Waals surface area contributed by atoms with Crippen molar-refractivity contribution in [1.82, 2.24) is 24.3 Å². The Labute approximate surface area is 193 Å². The van der Waals surface area contributed by atoms with E-state index in [0.717, 1.165) is 15.9 Å². The Kier molecular flexibility index (Phi) is 5.45. The molecule has 3 heterocycles. The maximum atomic E-state index is 13.1. The highest BCUT2D eigenvalue weighted by atomic mass is 19.3. The lowest BCUT2D eigenvalue weighted by Crippen LogP contribution is -2.25. The van der Waals surface area contributed by atoms with E-state index in [0.29, 0.717) is 36.9 Å². The molecule has 0 spiro atoms. The van der Waals surface area contributed by atoms with Gasteiger partial charge < -0.3 is 10.4 Å². The third kappa shape index (κ3) is 3.75. The fourth-order valence-corrected chi connectivity index (χ4v) is 4.30. The van der Waals surface area contributed by atoms with Crippen molar-refractivity contribution < 1.29 is 13.9 Å². The van der Waals surface area contributed by atoms with Crippen molar-refractivity contribution in [3.05, 3.63) is 82.4 Å². The molecular formula is C24H22F2N6O2. The number of benzene rings is 1. The van der Waals surface area contributed by atoms with E-state index in [9.17, 15) is 18.7 Å². The molecule has 34 heavy (non-hydrogen) atoms. The zero-order chi connectivity index (χ0) is 23.9. The molecule has 10 heteroatoms. The van der Waals surface area contributed by atoms with E-state index < -0.39 is 17.2 Å². The Morgan fingerprint density at radius 3 is 2.74 bits per heavy atom. The van der Waals surface area contributed by atoms with Gasteiger partial charge >= 0.3 is 0 Å². The maximum Gasteiger partial charge on any atom is 0.278 e. The van der Waals surface area contributed by atoms with Crippen LogP contribution in [0.1, 0.15) is 31.0 Å². The largest absolute Gasteiger partial charge is 0.384 e. The number of aliphatic hydroxyl groups is 1. The van der Waals surface area contributed by atoms with Crippen LogP contribution in [0.4, 0.5) is 20.4 Å². The number of halogens is 2. The first kappa shape index (κ1) is 21.9. The number of hydrogen-bond acceptors (Lipinski definition) is 6. The number of rotatable bonds is 6.